The number of carbonyl (C=O) groups excluding carboxylic acids is 1. The number of amides is 1. The molecule has 1 aliphatic heterocycles. The Labute approximate surface area is 119 Å². The molecular weight excluding hydrogens is 256 g/mol. The summed E-state index contributed by atoms with van der Waals surface area (Å²) in [5.41, 5.74) is 7.44. The Morgan fingerprint density at radius 1 is 1.50 bits per heavy atom. The molecule has 1 aromatic rings. The Hall–Kier alpha value is -1.43. The van der Waals surface area contributed by atoms with Gasteiger partial charge in [-0.15, -0.1) is 0 Å². The molecule has 1 aliphatic rings. The van der Waals surface area contributed by atoms with Crippen LogP contribution in [0.25, 0.3) is 0 Å². The van der Waals surface area contributed by atoms with E-state index in [9.17, 15) is 4.79 Å². The topological polar surface area (TPSA) is 73.6 Å². The van der Waals surface area contributed by atoms with Gasteiger partial charge in [-0.1, -0.05) is 24.3 Å². The lowest BCUT2D eigenvalue weighted by molar-refractivity contribution is -0.130. The molecule has 0 radical (unpaired) electrons. The van der Waals surface area contributed by atoms with E-state index in [1.165, 1.54) is 0 Å². The summed E-state index contributed by atoms with van der Waals surface area (Å²) in [6, 6.07) is 7.64. The molecule has 0 aromatic heterocycles. The molecule has 2 rings (SSSR count). The van der Waals surface area contributed by atoms with Gasteiger partial charge in [-0.05, 0) is 18.1 Å². The van der Waals surface area contributed by atoms with E-state index >= 15 is 0 Å². The normalized spacial score (nSPS) is 25.6. The second kappa shape index (κ2) is 6.35. The molecule has 1 saturated heterocycles. The lowest BCUT2D eigenvalue weighted by Crippen LogP contribution is -2.49. The minimum absolute atomic E-state index is 0.0604. The fourth-order valence-corrected chi connectivity index (χ4v) is 2.33. The van der Waals surface area contributed by atoms with E-state index in [1.54, 1.807) is 7.11 Å². The van der Waals surface area contributed by atoms with Crippen LogP contribution in [0.1, 0.15) is 18.1 Å². The summed E-state index contributed by atoms with van der Waals surface area (Å²) in [4.78, 5) is 12.3. The Balaban J connectivity index is 2.00. The summed E-state index contributed by atoms with van der Waals surface area (Å²) in [6.45, 7) is 3.66. The zero-order chi connectivity index (χ0) is 14.6. The van der Waals surface area contributed by atoms with Crippen molar-refractivity contribution in [1.82, 2.24) is 5.32 Å². The Morgan fingerprint density at radius 2 is 2.20 bits per heavy atom. The van der Waals surface area contributed by atoms with Crippen LogP contribution in [0, 0.1) is 5.41 Å². The first-order chi connectivity index (χ1) is 9.58. The third-order valence-electron chi connectivity index (χ3n) is 3.89. The number of hydrogen-bond donors (Lipinski definition) is 2. The van der Waals surface area contributed by atoms with Crippen molar-refractivity contribution in [2.24, 2.45) is 11.1 Å². The van der Waals surface area contributed by atoms with Crippen molar-refractivity contribution in [3.63, 3.8) is 0 Å². The maximum atomic E-state index is 12.3. The van der Waals surface area contributed by atoms with Crippen molar-refractivity contribution in [3.05, 3.63) is 35.4 Å². The fraction of sp³-hybridized carbons (Fsp3) is 0.533. The maximum absolute atomic E-state index is 12.3. The van der Waals surface area contributed by atoms with Gasteiger partial charge < -0.3 is 20.5 Å². The second-order valence-electron chi connectivity index (χ2n) is 5.42. The van der Waals surface area contributed by atoms with Gasteiger partial charge >= 0.3 is 0 Å². The van der Waals surface area contributed by atoms with Gasteiger partial charge in [-0.3, -0.25) is 4.79 Å². The molecule has 1 fully saturated rings. The molecule has 0 spiro atoms. The summed E-state index contributed by atoms with van der Waals surface area (Å²) in [5, 5.41) is 2.96. The smallest absolute Gasteiger partial charge is 0.230 e. The zero-order valence-electron chi connectivity index (χ0n) is 12.0. The van der Waals surface area contributed by atoms with Gasteiger partial charge in [0.05, 0.1) is 25.2 Å². The minimum Gasteiger partial charge on any atom is -0.380 e. The zero-order valence-corrected chi connectivity index (χ0v) is 12.0. The Bertz CT molecular complexity index is 478. The van der Waals surface area contributed by atoms with Crippen molar-refractivity contribution in [2.45, 2.75) is 26.1 Å². The van der Waals surface area contributed by atoms with Gasteiger partial charge in [-0.2, -0.15) is 0 Å². The van der Waals surface area contributed by atoms with Crippen LogP contribution in [-0.4, -0.2) is 32.3 Å². The van der Waals surface area contributed by atoms with E-state index in [0.29, 0.717) is 26.4 Å². The highest BCUT2D eigenvalue weighted by atomic mass is 16.5. The molecule has 110 valence electrons. The lowest BCUT2D eigenvalue weighted by atomic mass is 9.85. The van der Waals surface area contributed by atoms with E-state index in [1.807, 2.05) is 31.2 Å². The molecule has 0 saturated carbocycles. The highest BCUT2D eigenvalue weighted by Gasteiger charge is 2.44. The molecule has 2 atom stereocenters. The van der Waals surface area contributed by atoms with Crippen LogP contribution in [0.3, 0.4) is 0 Å². The van der Waals surface area contributed by atoms with Crippen LogP contribution < -0.4 is 11.1 Å². The highest BCUT2D eigenvalue weighted by molar-refractivity contribution is 5.83. The molecule has 0 aliphatic carbocycles. The van der Waals surface area contributed by atoms with Gasteiger partial charge in [0.15, 0.2) is 0 Å². The number of benzene rings is 1. The molecule has 1 amide bonds. The van der Waals surface area contributed by atoms with Crippen LogP contribution >= 0.6 is 0 Å². The monoisotopic (exact) mass is 278 g/mol. The van der Waals surface area contributed by atoms with Gasteiger partial charge in [-0.25, -0.2) is 0 Å². The first-order valence-electron chi connectivity index (χ1n) is 6.75. The summed E-state index contributed by atoms with van der Waals surface area (Å²) >= 11 is 0. The summed E-state index contributed by atoms with van der Waals surface area (Å²) in [6.07, 6.45) is 0. The van der Waals surface area contributed by atoms with Crippen LogP contribution in [0.4, 0.5) is 0 Å². The molecule has 2 unspecified atom stereocenters. The summed E-state index contributed by atoms with van der Waals surface area (Å²) in [7, 11) is 1.66. The number of hydrogen-bond acceptors (Lipinski definition) is 4. The third kappa shape index (κ3) is 3.00. The van der Waals surface area contributed by atoms with Crippen LogP contribution in [0.5, 0.6) is 0 Å². The Morgan fingerprint density at radius 3 is 2.80 bits per heavy atom. The van der Waals surface area contributed by atoms with E-state index in [0.717, 1.165) is 11.1 Å². The van der Waals surface area contributed by atoms with Crippen molar-refractivity contribution in [2.75, 3.05) is 20.3 Å². The van der Waals surface area contributed by atoms with Gasteiger partial charge in [0.25, 0.3) is 0 Å². The number of nitrogens with one attached hydrogen (secondary N) is 1. The highest BCUT2D eigenvalue weighted by Crippen LogP contribution is 2.27. The minimum atomic E-state index is -0.643. The third-order valence-corrected chi connectivity index (χ3v) is 3.89. The van der Waals surface area contributed by atoms with Gasteiger partial charge in [0.2, 0.25) is 5.91 Å². The van der Waals surface area contributed by atoms with Crippen LogP contribution in [-0.2, 0) is 27.4 Å². The van der Waals surface area contributed by atoms with Crippen molar-refractivity contribution in [1.29, 1.82) is 0 Å². The van der Waals surface area contributed by atoms with E-state index in [4.69, 9.17) is 15.2 Å². The maximum Gasteiger partial charge on any atom is 0.230 e. The van der Waals surface area contributed by atoms with E-state index < -0.39 is 5.41 Å². The van der Waals surface area contributed by atoms with Gasteiger partial charge in [0, 0.05) is 19.7 Å². The predicted molar refractivity (Wildman–Crippen MR) is 75.9 cm³/mol. The average Bonchev–Trinajstić information content (AvgIpc) is 2.79. The largest absolute Gasteiger partial charge is 0.380 e. The molecule has 3 N–H and O–H groups in total. The molecule has 0 bridgehead atoms. The molecular formula is C15H22N2O3. The van der Waals surface area contributed by atoms with Crippen LogP contribution in [0.2, 0.25) is 0 Å². The first-order valence-corrected chi connectivity index (χ1v) is 6.75. The molecule has 5 nitrogen and oxygen atoms in total. The summed E-state index contributed by atoms with van der Waals surface area (Å²) < 4.78 is 10.5. The number of ether oxygens (including phenoxy) is 2. The van der Waals surface area contributed by atoms with Crippen molar-refractivity contribution >= 4 is 5.91 Å². The molecule has 5 heteroatoms. The lowest BCUT2D eigenvalue weighted by Gasteiger charge is -2.25. The molecule has 1 aromatic carbocycles. The van der Waals surface area contributed by atoms with Gasteiger partial charge in [0.1, 0.15) is 0 Å². The number of rotatable bonds is 5. The standard InChI is InChI=1S/C15H22N2O3/c1-15(10-20-9-13(15)16)14(18)17-7-11-5-3-4-6-12(11)8-19-2/h3-6,13H,7-10,16H2,1-2H3,(H,17,18). The first kappa shape index (κ1) is 15.0. The summed E-state index contributed by atoms with van der Waals surface area (Å²) in [5.74, 6) is -0.0604. The van der Waals surface area contributed by atoms with Crippen LogP contribution in [0.15, 0.2) is 24.3 Å². The van der Waals surface area contributed by atoms with Crippen molar-refractivity contribution < 1.29 is 14.3 Å². The predicted octanol–water partition coefficient (Wildman–Crippen LogP) is 0.813. The second-order valence-corrected chi connectivity index (χ2v) is 5.42. The molecule has 20 heavy (non-hydrogen) atoms. The number of methoxy groups -OCH3 is 1. The quantitative estimate of drug-likeness (QED) is 0.836. The molecule has 1 heterocycles. The number of carbonyl (C=O) groups is 1. The average molecular weight is 278 g/mol. The fourth-order valence-electron chi connectivity index (χ4n) is 2.33. The van der Waals surface area contributed by atoms with E-state index in [2.05, 4.69) is 5.32 Å². The SMILES string of the molecule is COCc1ccccc1CNC(=O)C1(C)COCC1N. The number of nitrogens with two attached hydrogens (primary N) is 1. The van der Waals surface area contributed by atoms with Crippen molar-refractivity contribution in [3.8, 4) is 0 Å². The Kier molecular flexibility index (Phi) is 4.75. The van der Waals surface area contributed by atoms with E-state index in [-0.39, 0.29) is 11.9 Å².